The molecule has 1 amide bonds. The van der Waals surface area contributed by atoms with E-state index in [0.29, 0.717) is 25.1 Å². The molecule has 21 heavy (non-hydrogen) atoms. The number of halogens is 2. The van der Waals surface area contributed by atoms with Crippen LogP contribution in [0.1, 0.15) is 26.7 Å². The van der Waals surface area contributed by atoms with E-state index in [4.69, 9.17) is 5.73 Å². The molecule has 3 N–H and O–H groups in total. The van der Waals surface area contributed by atoms with E-state index in [9.17, 15) is 9.00 Å². The maximum absolute atomic E-state index is 12.0. The van der Waals surface area contributed by atoms with Crippen LogP contribution < -0.4 is 11.1 Å². The summed E-state index contributed by atoms with van der Waals surface area (Å²) in [6, 6.07) is 7.39. The maximum atomic E-state index is 12.0. The lowest BCUT2D eigenvalue weighted by molar-refractivity contribution is -0.122. The van der Waals surface area contributed by atoms with Gasteiger partial charge in [0.15, 0.2) is 0 Å². The highest BCUT2D eigenvalue weighted by atomic mass is 79.9. The van der Waals surface area contributed by atoms with Gasteiger partial charge in [-0.3, -0.25) is 9.00 Å². The van der Waals surface area contributed by atoms with E-state index in [-0.39, 0.29) is 23.9 Å². The first-order valence-electron chi connectivity index (χ1n) is 6.49. The zero-order valence-electron chi connectivity index (χ0n) is 12.2. The van der Waals surface area contributed by atoms with Crippen LogP contribution in [-0.2, 0) is 15.6 Å². The second kappa shape index (κ2) is 9.56. The van der Waals surface area contributed by atoms with Crippen LogP contribution in [0.3, 0.4) is 0 Å². The van der Waals surface area contributed by atoms with Crippen LogP contribution in [0.5, 0.6) is 0 Å². The van der Waals surface area contributed by atoms with Gasteiger partial charge in [-0.15, -0.1) is 12.4 Å². The summed E-state index contributed by atoms with van der Waals surface area (Å²) in [6.07, 6.45) is 0.959. The first kappa shape index (κ1) is 20.6. The monoisotopic (exact) mass is 396 g/mol. The summed E-state index contributed by atoms with van der Waals surface area (Å²) in [4.78, 5) is 12.5. The Morgan fingerprint density at radius 3 is 2.43 bits per heavy atom. The zero-order valence-corrected chi connectivity index (χ0v) is 15.4. The van der Waals surface area contributed by atoms with E-state index >= 15 is 0 Å². The number of nitrogens with one attached hydrogen (secondary N) is 1. The number of amides is 1. The van der Waals surface area contributed by atoms with Crippen molar-refractivity contribution in [1.29, 1.82) is 0 Å². The Labute approximate surface area is 143 Å². The molecule has 0 aliphatic carbocycles. The van der Waals surface area contributed by atoms with Crippen molar-refractivity contribution in [2.75, 3.05) is 12.3 Å². The molecule has 0 aliphatic rings. The molecule has 0 heterocycles. The van der Waals surface area contributed by atoms with E-state index in [1.54, 1.807) is 0 Å². The molecule has 1 aromatic rings. The quantitative estimate of drug-likeness (QED) is 0.743. The fourth-order valence-corrected chi connectivity index (χ4v) is 2.91. The summed E-state index contributed by atoms with van der Waals surface area (Å²) >= 11 is 3.34. The van der Waals surface area contributed by atoms with Gasteiger partial charge < -0.3 is 11.1 Å². The molecule has 0 aliphatic heterocycles. The third kappa shape index (κ3) is 7.95. The van der Waals surface area contributed by atoms with Crippen molar-refractivity contribution in [2.24, 2.45) is 5.73 Å². The first-order valence-corrected chi connectivity index (χ1v) is 8.60. The van der Waals surface area contributed by atoms with Gasteiger partial charge in [0.2, 0.25) is 5.91 Å². The van der Waals surface area contributed by atoms with Crippen molar-refractivity contribution in [3.63, 3.8) is 0 Å². The van der Waals surface area contributed by atoms with Crippen LogP contribution in [0, 0.1) is 0 Å². The van der Waals surface area contributed by atoms with Crippen LogP contribution in [-0.4, -0.2) is 28.0 Å². The Balaban J connectivity index is 0.00000400. The van der Waals surface area contributed by atoms with Gasteiger partial charge in [-0.25, -0.2) is 0 Å². The molecular formula is C14H22BrClN2O2S. The van der Waals surface area contributed by atoms with Crippen LogP contribution >= 0.6 is 28.3 Å². The number of benzene rings is 1. The van der Waals surface area contributed by atoms with Crippen LogP contribution in [0.2, 0.25) is 0 Å². The van der Waals surface area contributed by atoms with Crippen molar-refractivity contribution in [2.45, 2.75) is 37.1 Å². The van der Waals surface area contributed by atoms with E-state index in [1.165, 1.54) is 0 Å². The zero-order chi connectivity index (χ0) is 15.2. The molecule has 4 nitrogen and oxygen atoms in total. The van der Waals surface area contributed by atoms with Crippen molar-refractivity contribution < 1.29 is 9.00 Å². The molecular weight excluding hydrogens is 376 g/mol. The lowest BCUT2D eigenvalue weighted by Crippen LogP contribution is -2.48. The molecule has 0 aromatic heterocycles. The maximum Gasteiger partial charge on any atom is 0.220 e. The van der Waals surface area contributed by atoms with Gasteiger partial charge >= 0.3 is 0 Å². The lowest BCUT2D eigenvalue weighted by atomic mass is 10.1. The summed E-state index contributed by atoms with van der Waals surface area (Å²) in [6.45, 7) is 4.15. The Morgan fingerprint density at radius 2 is 1.90 bits per heavy atom. The molecule has 1 unspecified atom stereocenters. The molecule has 0 spiro atoms. The van der Waals surface area contributed by atoms with E-state index in [0.717, 1.165) is 9.37 Å². The Hall–Kier alpha value is -0.430. The third-order valence-electron chi connectivity index (χ3n) is 2.80. The molecule has 0 saturated carbocycles. The van der Waals surface area contributed by atoms with Crippen molar-refractivity contribution >= 4 is 45.0 Å². The predicted molar refractivity (Wildman–Crippen MR) is 93.2 cm³/mol. The van der Waals surface area contributed by atoms with Crippen molar-refractivity contribution in [3.8, 4) is 0 Å². The Morgan fingerprint density at radius 1 is 1.33 bits per heavy atom. The fraction of sp³-hybridized carbons (Fsp3) is 0.500. The van der Waals surface area contributed by atoms with E-state index in [1.807, 2.05) is 38.1 Å². The second-order valence-electron chi connectivity index (χ2n) is 5.24. The molecule has 1 aromatic carbocycles. The average Bonchev–Trinajstić information content (AvgIpc) is 2.38. The largest absolute Gasteiger partial charge is 0.350 e. The first-order chi connectivity index (χ1) is 9.34. The third-order valence-corrected chi connectivity index (χ3v) is 4.78. The van der Waals surface area contributed by atoms with Gasteiger partial charge in [0.25, 0.3) is 0 Å². The van der Waals surface area contributed by atoms with Gasteiger partial charge in [0, 0.05) is 33.6 Å². The molecule has 0 bridgehead atoms. The standard InChI is InChI=1S/C14H21BrN2O2S.ClH/c1-14(2,10-16)17-13(18)4-3-9-20(19)12-7-5-11(15)6-8-12;/h5-8H,3-4,9-10,16H2,1-2H3,(H,17,18);1H. The minimum atomic E-state index is -1.06. The number of carbonyl (C=O) groups is 1. The summed E-state index contributed by atoms with van der Waals surface area (Å²) in [5.74, 6) is 0.436. The number of carbonyl (C=O) groups excluding carboxylic acids is 1. The minimum Gasteiger partial charge on any atom is -0.350 e. The summed E-state index contributed by atoms with van der Waals surface area (Å²) in [5, 5.41) is 2.86. The SMILES string of the molecule is CC(C)(CN)NC(=O)CCCS(=O)c1ccc(Br)cc1.Cl. The summed E-state index contributed by atoms with van der Waals surface area (Å²) in [7, 11) is -1.06. The van der Waals surface area contributed by atoms with Crippen LogP contribution in [0.25, 0.3) is 0 Å². The summed E-state index contributed by atoms with van der Waals surface area (Å²) < 4.78 is 13.0. The van der Waals surface area contributed by atoms with E-state index in [2.05, 4.69) is 21.2 Å². The topological polar surface area (TPSA) is 72.2 Å². The number of hydrogen-bond donors (Lipinski definition) is 2. The predicted octanol–water partition coefficient (Wildman–Crippen LogP) is 2.61. The lowest BCUT2D eigenvalue weighted by Gasteiger charge is -2.24. The Bertz CT molecular complexity index is 480. The van der Waals surface area contributed by atoms with Crippen LogP contribution in [0.4, 0.5) is 0 Å². The smallest absolute Gasteiger partial charge is 0.220 e. The average molecular weight is 398 g/mol. The van der Waals surface area contributed by atoms with Crippen molar-refractivity contribution in [1.82, 2.24) is 5.32 Å². The van der Waals surface area contributed by atoms with Gasteiger partial charge in [-0.05, 0) is 44.5 Å². The fourth-order valence-electron chi connectivity index (χ4n) is 1.56. The number of rotatable bonds is 7. The number of hydrogen-bond acceptors (Lipinski definition) is 3. The molecule has 120 valence electrons. The van der Waals surface area contributed by atoms with E-state index < -0.39 is 10.8 Å². The van der Waals surface area contributed by atoms with Crippen LogP contribution in [0.15, 0.2) is 33.6 Å². The summed E-state index contributed by atoms with van der Waals surface area (Å²) in [5.41, 5.74) is 5.17. The number of nitrogens with two attached hydrogens (primary N) is 1. The molecule has 7 heteroatoms. The molecule has 0 fully saturated rings. The second-order valence-corrected chi connectivity index (χ2v) is 7.73. The van der Waals surface area contributed by atoms with Gasteiger partial charge in [0.05, 0.1) is 10.8 Å². The highest BCUT2D eigenvalue weighted by Crippen LogP contribution is 2.14. The molecule has 0 saturated heterocycles. The molecule has 1 atom stereocenters. The minimum absolute atomic E-state index is 0. The highest BCUT2D eigenvalue weighted by Gasteiger charge is 2.17. The highest BCUT2D eigenvalue weighted by molar-refractivity contribution is 9.10. The Kier molecular flexibility index (Phi) is 9.36. The molecule has 0 radical (unpaired) electrons. The van der Waals surface area contributed by atoms with Gasteiger partial charge in [0.1, 0.15) is 0 Å². The van der Waals surface area contributed by atoms with Gasteiger partial charge in [-0.1, -0.05) is 15.9 Å². The molecule has 1 rings (SSSR count). The van der Waals surface area contributed by atoms with Gasteiger partial charge in [-0.2, -0.15) is 0 Å². The normalized spacial score (nSPS) is 12.4. The van der Waals surface area contributed by atoms with Crippen molar-refractivity contribution in [3.05, 3.63) is 28.7 Å².